The lowest BCUT2D eigenvalue weighted by Gasteiger charge is -2.17. The molecule has 1 aromatic carbocycles. The molecule has 0 radical (unpaired) electrons. The fraction of sp³-hybridized carbons (Fsp3) is 0.417. The second kappa shape index (κ2) is 5.38. The summed E-state index contributed by atoms with van der Waals surface area (Å²) in [5, 5.41) is 12.7. The summed E-state index contributed by atoms with van der Waals surface area (Å²) in [6.07, 6.45) is 0.869. The molecule has 4 nitrogen and oxygen atoms in total. The molecular formula is C12H15ClN2O2. The van der Waals surface area contributed by atoms with Crippen LogP contribution in [0.2, 0.25) is 5.02 Å². The maximum atomic E-state index is 10.5. The van der Waals surface area contributed by atoms with Gasteiger partial charge in [-0.1, -0.05) is 17.7 Å². The van der Waals surface area contributed by atoms with Crippen LogP contribution in [0.5, 0.6) is 0 Å². The number of benzene rings is 1. The van der Waals surface area contributed by atoms with Gasteiger partial charge in [-0.15, -0.1) is 0 Å². The summed E-state index contributed by atoms with van der Waals surface area (Å²) in [7, 11) is 0. The van der Waals surface area contributed by atoms with Crippen LogP contribution in [0, 0.1) is 0 Å². The van der Waals surface area contributed by atoms with Crippen molar-refractivity contribution in [2.45, 2.75) is 18.9 Å². The monoisotopic (exact) mass is 254 g/mol. The second-order valence-electron chi connectivity index (χ2n) is 4.19. The maximum Gasteiger partial charge on any atom is 0.303 e. The van der Waals surface area contributed by atoms with Crippen LogP contribution in [0.25, 0.3) is 0 Å². The van der Waals surface area contributed by atoms with Gasteiger partial charge in [-0.2, -0.15) is 0 Å². The quantitative estimate of drug-likeness (QED) is 0.862. The van der Waals surface area contributed by atoms with E-state index in [1.165, 1.54) is 0 Å². The van der Waals surface area contributed by atoms with Crippen molar-refractivity contribution in [2.75, 3.05) is 18.1 Å². The zero-order valence-corrected chi connectivity index (χ0v) is 10.2. The van der Waals surface area contributed by atoms with Crippen LogP contribution in [0.15, 0.2) is 24.3 Å². The third kappa shape index (κ3) is 3.35. The van der Waals surface area contributed by atoms with Crippen molar-refractivity contribution in [1.29, 1.82) is 0 Å². The number of carbonyl (C=O) groups is 1. The Kier molecular flexibility index (Phi) is 3.86. The van der Waals surface area contributed by atoms with Crippen molar-refractivity contribution in [2.24, 2.45) is 0 Å². The molecule has 17 heavy (non-hydrogen) atoms. The van der Waals surface area contributed by atoms with E-state index in [4.69, 9.17) is 16.7 Å². The van der Waals surface area contributed by atoms with E-state index in [1.54, 1.807) is 0 Å². The number of nitrogens with one attached hydrogen (secondary N) is 1. The minimum atomic E-state index is -0.743. The average molecular weight is 255 g/mol. The molecule has 1 fully saturated rings. The highest BCUT2D eigenvalue weighted by Crippen LogP contribution is 2.21. The molecule has 0 aromatic heterocycles. The van der Waals surface area contributed by atoms with Gasteiger partial charge in [0.15, 0.2) is 0 Å². The summed E-state index contributed by atoms with van der Waals surface area (Å²) in [5.74, 6) is -0.743. The van der Waals surface area contributed by atoms with Crippen molar-refractivity contribution in [3.63, 3.8) is 0 Å². The summed E-state index contributed by atoms with van der Waals surface area (Å²) in [6, 6.07) is 7.93. The van der Waals surface area contributed by atoms with Gasteiger partial charge in [0.2, 0.25) is 0 Å². The molecule has 92 valence electrons. The minimum Gasteiger partial charge on any atom is -0.481 e. The molecular weight excluding hydrogens is 240 g/mol. The first-order valence-corrected chi connectivity index (χ1v) is 5.98. The van der Waals surface area contributed by atoms with E-state index < -0.39 is 5.97 Å². The van der Waals surface area contributed by atoms with Crippen LogP contribution >= 0.6 is 11.6 Å². The Morgan fingerprint density at radius 2 is 2.41 bits per heavy atom. The van der Waals surface area contributed by atoms with Crippen molar-refractivity contribution < 1.29 is 9.90 Å². The molecule has 2 N–H and O–H groups in total. The summed E-state index contributed by atoms with van der Waals surface area (Å²) in [6.45, 7) is 1.57. The van der Waals surface area contributed by atoms with E-state index in [2.05, 4.69) is 10.2 Å². The highest BCUT2D eigenvalue weighted by Gasteiger charge is 2.22. The van der Waals surface area contributed by atoms with Gasteiger partial charge in [0.25, 0.3) is 0 Å². The standard InChI is InChI=1S/C12H15ClN2O2/c13-9-2-1-3-11(6-9)15-7-10(14-8-15)4-5-12(16)17/h1-3,6,10,14H,4-5,7-8H2,(H,16,17). The molecule has 2 rings (SSSR count). The summed E-state index contributed by atoms with van der Waals surface area (Å²) in [5.41, 5.74) is 1.07. The van der Waals surface area contributed by atoms with Gasteiger partial charge in [0.05, 0.1) is 6.67 Å². The van der Waals surface area contributed by atoms with Gasteiger partial charge in [-0.25, -0.2) is 0 Å². The Labute approximate surface area is 105 Å². The Bertz CT molecular complexity index is 411. The molecule has 5 heteroatoms. The lowest BCUT2D eigenvalue weighted by molar-refractivity contribution is -0.137. The van der Waals surface area contributed by atoms with Crippen LogP contribution in [0.4, 0.5) is 5.69 Å². The third-order valence-corrected chi connectivity index (χ3v) is 3.13. The summed E-state index contributed by atoms with van der Waals surface area (Å²) in [4.78, 5) is 12.7. The zero-order valence-electron chi connectivity index (χ0n) is 9.40. The Morgan fingerprint density at radius 1 is 1.59 bits per heavy atom. The number of nitrogens with zero attached hydrogens (tertiary/aromatic N) is 1. The zero-order chi connectivity index (χ0) is 12.3. The van der Waals surface area contributed by atoms with Crippen molar-refractivity contribution in [1.82, 2.24) is 5.32 Å². The topological polar surface area (TPSA) is 52.6 Å². The fourth-order valence-corrected chi connectivity index (χ4v) is 2.18. The molecule has 0 saturated carbocycles. The normalized spacial score (nSPS) is 19.6. The number of carboxylic acid groups (broad SMARTS) is 1. The smallest absolute Gasteiger partial charge is 0.303 e. The highest BCUT2D eigenvalue weighted by atomic mass is 35.5. The first kappa shape index (κ1) is 12.2. The SMILES string of the molecule is O=C(O)CCC1CN(c2cccc(Cl)c2)CN1. The van der Waals surface area contributed by atoms with Crippen molar-refractivity contribution >= 4 is 23.3 Å². The van der Waals surface area contributed by atoms with Gasteiger partial charge in [-0.05, 0) is 24.6 Å². The van der Waals surface area contributed by atoms with E-state index in [9.17, 15) is 4.79 Å². The molecule has 0 spiro atoms. The Morgan fingerprint density at radius 3 is 3.12 bits per heavy atom. The predicted octanol–water partition coefficient (Wildman–Crippen LogP) is 1.94. The minimum absolute atomic E-state index is 0.209. The van der Waals surface area contributed by atoms with Gasteiger partial charge in [0, 0.05) is 29.7 Å². The molecule has 1 unspecified atom stereocenters. The molecule has 1 aliphatic rings. The number of hydrogen-bond donors (Lipinski definition) is 2. The molecule has 0 aliphatic carbocycles. The van der Waals surface area contributed by atoms with E-state index in [1.807, 2.05) is 24.3 Å². The van der Waals surface area contributed by atoms with Crippen LogP contribution in [-0.4, -0.2) is 30.3 Å². The molecule has 1 saturated heterocycles. The number of rotatable bonds is 4. The molecule has 1 aliphatic heterocycles. The van der Waals surface area contributed by atoms with E-state index in [-0.39, 0.29) is 12.5 Å². The number of anilines is 1. The van der Waals surface area contributed by atoms with Gasteiger partial charge in [-0.3, -0.25) is 10.1 Å². The number of hydrogen-bond acceptors (Lipinski definition) is 3. The molecule has 1 atom stereocenters. The average Bonchev–Trinajstić information content (AvgIpc) is 2.75. The van der Waals surface area contributed by atoms with Crippen LogP contribution in [0.1, 0.15) is 12.8 Å². The highest BCUT2D eigenvalue weighted by molar-refractivity contribution is 6.30. The van der Waals surface area contributed by atoms with Crippen LogP contribution < -0.4 is 10.2 Å². The van der Waals surface area contributed by atoms with E-state index >= 15 is 0 Å². The molecule has 1 aromatic rings. The third-order valence-electron chi connectivity index (χ3n) is 2.89. The lowest BCUT2D eigenvalue weighted by Crippen LogP contribution is -2.24. The summed E-state index contributed by atoms with van der Waals surface area (Å²) < 4.78 is 0. The second-order valence-corrected chi connectivity index (χ2v) is 4.63. The largest absolute Gasteiger partial charge is 0.481 e. The van der Waals surface area contributed by atoms with Crippen LogP contribution in [0.3, 0.4) is 0 Å². The number of carboxylic acids is 1. The Balaban J connectivity index is 1.91. The van der Waals surface area contributed by atoms with Crippen LogP contribution in [-0.2, 0) is 4.79 Å². The van der Waals surface area contributed by atoms with Gasteiger partial charge < -0.3 is 10.0 Å². The Hall–Kier alpha value is -1.26. The van der Waals surface area contributed by atoms with Crippen molar-refractivity contribution in [3.05, 3.63) is 29.3 Å². The molecule has 0 amide bonds. The number of halogens is 1. The first-order chi connectivity index (χ1) is 8.15. The number of aliphatic carboxylic acids is 1. The van der Waals surface area contributed by atoms with Gasteiger partial charge in [0.1, 0.15) is 0 Å². The molecule has 0 bridgehead atoms. The fourth-order valence-electron chi connectivity index (χ4n) is 1.99. The first-order valence-electron chi connectivity index (χ1n) is 5.61. The maximum absolute atomic E-state index is 10.5. The molecule has 1 heterocycles. The van der Waals surface area contributed by atoms with E-state index in [0.717, 1.165) is 23.9 Å². The van der Waals surface area contributed by atoms with Gasteiger partial charge >= 0.3 is 5.97 Å². The summed E-state index contributed by atoms with van der Waals surface area (Å²) >= 11 is 5.94. The van der Waals surface area contributed by atoms with Crippen molar-refractivity contribution in [3.8, 4) is 0 Å². The predicted molar refractivity (Wildman–Crippen MR) is 67.5 cm³/mol. The lowest BCUT2D eigenvalue weighted by atomic mass is 10.1. The van der Waals surface area contributed by atoms with E-state index in [0.29, 0.717) is 6.42 Å².